The normalized spacial score (nSPS) is 28.5. The first kappa shape index (κ1) is 24.4. The van der Waals surface area contributed by atoms with Crippen LogP contribution in [0.5, 0.6) is 0 Å². The van der Waals surface area contributed by atoms with E-state index in [-0.39, 0.29) is 0 Å². The number of aromatic nitrogens is 3. The van der Waals surface area contributed by atoms with E-state index in [1.165, 1.54) is 24.7 Å². The first-order valence-corrected chi connectivity index (χ1v) is 12.6. The predicted molar refractivity (Wildman–Crippen MR) is 95.2 cm³/mol. The zero-order chi connectivity index (χ0) is 23.2. The van der Waals surface area contributed by atoms with Crippen molar-refractivity contribution >= 4 is 29.1 Å². The van der Waals surface area contributed by atoms with Crippen LogP contribution in [0, 0.1) is 0 Å². The number of aliphatic hydroxyl groups excluding tert-OH is 2. The Morgan fingerprint density at radius 2 is 1.71 bits per heavy atom. The molecule has 6 unspecified atom stereocenters. The first-order chi connectivity index (χ1) is 14.2. The number of imidazole rings is 1. The number of hydrogen-bond donors (Lipinski definition) is 6. The SMILES string of the molecule is O=c1n(C2OC(COP(=O)(O)OP(=O)(O)OP(=O)(O)O)C(O)C2O)ccc2nccn12. The van der Waals surface area contributed by atoms with Crippen LogP contribution in [-0.4, -0.2) is 68.7 Å². The molecule has 1 saturated heterocycles. The smallest absolute Gasteiger partial charge is 0.387 e. The first-order valence-electron chi connectivity index (χ1n) is 8.03. The van der Waals surface area contributed by atoms with Gasteiger partial charge in [-0.15, -0.1) is 0 Å². The molecule has 3 rings (SSSR count). The fraction of sp³-hybridized carbons (Fsp3) is 0.455. The zero-order valence-electron chi connectivity index (χ0n) is 15.0. The highest BCUT2D eigenvalue weighted by molar-refractivity contribution is 7.66. The third-order valence-electron chi connectivity index (χ3n) is 3.91. The highest BCUT2D eigenvalue weighted by atomic mass is 31.3. The largest absolute Gasteiger partial charge is 0.490 e. The van der Waals surface area contributed by atoms with Gasteiger partial charge in [-0.3, -0.25) is 13.5 Å². The molecule has 17 nitrogen and oxygen atoms in total. The number of nitrogens with zero attached hydrogens (tertiary/aromatic N) is 3. The van der Waals surface area contributed by atoms with Gasteiger partial charge in [0.05, 0.1) is 6.61 Å². The van der Waals surface area contributed by atoms with Gasteiger partial charge in [-0.2, -0.15) is 8.62 Å². The molecule has 6 atom stereocenters. The van der Waals surface area contributed by atoms with Crippen LogP contribution in [0.4, 0.5) is 0 Å². The molecule has 31 heavy (non-hydrogen) atoms. The van der Waals surface area contributed by atoms with E-state index in [4.69, 9.17) is 19.4 Å². The molecule has 0 aromatic carbocycles. The van der Waals surface area contributed by atoms with Gasteiger partial charge in [-0.05, 0) is 6.07 Å². The fourth-order valence-corrected chi connectivity index (χ4v) is 5.73. The molecular formula is C11H16N3O14P3. The average molecular weight is 507 g/mol. The summed E-state index contributed by atoms with van der Waals surface area (Å²) in [6, 6.07) is 1.42. The van der Waals surface area contributed by atoms with E-state index in [0.29, 0.717) is 5.65 Å². The monoisotopic (exact) mass is 507 g/mol. The molecule has 0 spiro atoms. The van der Waals surface area contributed by atoms with Gasteiger partial charge in [0, 0.05) is 18.6 Å². The van der Waals surface area contributed by atoms with Crippen molar-refractivity contribution in [2.75, 3.05) is 6.61 Å². The van der Waals surface area contributed by atoms with Gasteiger partial charge in [0.25, 0.3) is 0 Å². The van der Waals surface area contributed by atoms with Crippen LogP contribution in [0.3, 0.4) is 0 Å². The van der Waals surface area contributed by atoms with Gasteiger partial charge in [0.1, 0.15) is 24.0 Å². The number of aliphatic hydroxyl groups is 2. The molecule has 0 amide bonds. The Morgan fingerprint density at radius 3 is 2.35 bits per heavy atom. The lowest BCUT2D eigenvalue weighted by molar-refractivity contribution is -0.0543. The standard InChI is InChI=1S/C11H16N3O14P3/c15-8-6(5-25-30(21,22)28-31(23,24)27-29(18,19)20)26-10(9(8)16)14-3-1-7-12-2-4-13(7)11(14)17/h1-4,6,8-10,15-16H,5H2,(H,21,22)(H,23,24)(H2,18,19,20). The van der Waals surface area contributed by atoms with E-state index in [9.17, 15) is 33.6 Å². The second kappa shape index (κ2) is 8.57. The molecule has 6 N–H and O–H groups in total. The maximum absolute atomic E-state index is 12.5. The molecule has 1 aliphatic rings. The van der Waals surface area contributed by atoms with Crippen molar-refractivity contribution in [3.05, 3.63) is 35.1 Å². The molecule has 1 aliphatic heterocycles. The molecule has 1 fully saturated rings. The van der Waals surface area contributed by atoms with Crippen LogP contribution < -0.4 is 5.69 Å². The van der Waals surface area contributed by atoms with Crippen LogP contribution in [0.1, 0.15) is 6.23 Å². The quantitative estimate of drug-likeness (QED) is 0.222. The van der Waals surface area contributed by atoms with Crippen molar-refractivity contribution in [2.45, 2.75) is 24.5 Å². The average Bonchev–Trinajstić information content (AvgIpc) is 3.17. The molecule has 0 radical (unpaired) electrons. The van der Waals surface area contributed by atoms with Crippen LogP contribution in [0.15, 0.2) is 29.5 Å². The molecule has 0 saturated carbocycles. The Labute approximate surface area is 171 Å². The molecule has 0 aliphatic carbocycles. The van der Waals surface area contributed by atoms with Gasteiger partial charge in [-0.1, -0.05) is 0 Å². The van der Waals surface area contributed by atoms with Crippen molar-refractivity contribution in [3.8, 4) is 0 Å². The number of ether oxygens (including phenoxy) is 1. The number of phosphoric ester groups is 1. The van der Waals surface area contributed by atoms with Crippen molar-refractivity contribution in [1.82, 2.24) is 14.0 Å². The van der Waals surface area contributed by atoms with E-state index in [1.54, 1.807) is 0 Å². The summed E-state index contributed by atoms with van der Waals surface area (Å²) in [4.78, 5) is 51.9. The summed E-state index contributed by atoms with van der Waals surface area (Å²) in [5.74, 6) is 0. The minimum atomic E-state index is -5.72. The summed E-state index contributed by atoms with van der Waals surface area (Å²) in [6.07, 6.45) is -2.45. The van der Waals surface area contributed by atoms with Crippen LogP contribution in [-0.2, 0) is 31.6 Å². The molecule has 0 bridgehead atoms. The minimum absolute atomic E-state index is 0.304. The van der Waals surface area contributed by atoms with Gasteiger partial charge in [0.2, 0.25) is 0 Å². The van der Waals surface area contributed by atoms with E-state index >= 15 is 0 Å². The van der Waals surface area contributed by atoms with Crippen LogP contribution in [0.2, 0.25) is 0 Å². The maximum Gasteiger partial charge on any atom is 0.490 e. The van der Waals surface area contributed by atoms with E-state index < -0.39 is 60.3 Å². The van der Waals surface area contributed by atoms with Crippen LogP contribution >= 0.6 is 23.5 Å². The zero-order valence-corrected chi connectivity index (χ0v) is 17.6. The van der Waals surface area contributed by atoms with Gasteiger partial charge >= 0.3 is 29.2 Å². The highest BCUT2D eigenvalue weighted by Crippen LogP contribution is 2.66. The van der Waals surface area contributed by atoms with Gasteiger partial charge < -0.3 is 34.5 Å². The van der Waals surface area contributed by atoms with Crippen molar-refractivity contribution < 1.29 is 61.4 Å². The Morgan fingerprint density at radius 1 is 1.03 bits per heavy atom. The summed E-state index contributed by atoms with van der Waals surface area (Å²) in [6.45, 7) is -1.000. The molecule has 2 aromatic heterocycles. The third-order valence-corrected chi connectivity index (χ3v) is 7.71. The number of hydrogen-bond acceptors (Lipinski definition) is 11. The summed E-state index contributed by atoms with van der Waals surface area (Å²) >= 11 is 0. The summed E-state index contributed by atoms with van der Waals surface area (Å²) < 4.78 is 52.5. The van der Waals surface area contributed by atoms with Gasteiger partial charge in [-0.25, -0.2) is 23.5 Å². The van der Waals surface area contributed by atoms with E-state index in [0.717, 1.165) is 8.97 Å². The molecule has 2 aromatic rings. The highest BCUT2D eigenvalue weighted by Gasteiger charge is 2.46. The lowest BCUT2D eigenvalue weighted by Gasteiger charge is -2.19. The number of phosphoric acid groups is 3. The Kier molecular flexibility index (Phi) is 6.73. The summed E-state index contributed by atoms with van der Waals surface area (Å²) in [5, 5.41) is 20.3. The second-order valence-electron chi connectivity index (χ2n) is 6.09. The topological polar surface area (TPSA) is 249 Å². The number of rotatable bonds is 8. The lowest BCUT2D eigenvalue weighted by Crippen LogP contribution is -2.36. The summed E-state index contributed by atoms with van der Waals surface area (Å²) in [5.41, 5.74) is -0.377. The molecular weight excluding hydrogens is 491 g/mol. The van der Waals surface area contributed by atoms with Crippen molar-refractivity contribution in [1.29, 1.82) is 0 Å². The van der Waals surface area contributed by atoms with E-state index in [1.807, 2.05) is 0 Å². The Hall–Kier alpha value is -1.29. The van der Waals surface area contributed by atoms with E-state index in [2.05, 4.69) is 18.1 Å². The van der Waals surface area contributed by atoms with Gasteiger partial charge in [0.15, 0.2) is 6.23 Å². The maximum atomic E-state index is 12.5. The van der Waals surface area contributed by atoms with Crippen molar-refractivity contribution in [2.24, 2.45) is 0 Å². The van der Waals surface area contributed by atoms with Crippen molar-refractivity contribution in [3.63, 3.8) is 0 Å². The minimum Gasteiger partial charge on any atom is -0.387 e. The Balaban J connectivity index is 1.69. The lowest BCUT2D eigenvalue weighted by atomic mass is 10.1. The third kappa shape index (κ3) is 5.74. The molecule has 20 heteroatoms. The Bertz CT molecular complexity index is 1160. The second-order valence-corrected chi connectivity index (χ2v) is 10.5. The fourth-order valence-electron chi connectivity index (χ4n) is 2.70. The molecule has 3 heterocycles. The molecule has 174 valence electrons. The number of fused-ring (bicyclic) bond motifs is 1. The summed E-state index contributed by atoms with van der Waals surface area (Å²) in [7, 11) is -16.7. The van der Waals surface area contributed by atoms with Crippen LogP contribution in [0.25, 0.3) is 5.65 Å². The predicted octanol–water partition coefficient (Wildman–Crippen LogP) is -1.54.